The minimum Gasteiger partial charge on any atom is -0.461 e. The van der Waals surface area contributed by atoms with E-state index in [1.54, 1.807) is 36.8 Å². The van der Waals surface area contributed by atoms with Crippen molar-refractivity contribution in [2.75, 3.05) is 6.61 Å². The van der Waals surface area contributed by atoms with Crippen molar-refractivity contribution >= 4 is 11.7 Å². The summed E-state index contributed by atoms with van der Waals surface area (Å²) in [5, 5.41) is 14.8. The maximum absolute atomic E-state index is 12.0. The molecule has 0 saturated heterocycles. The summed E-state index contributed by atoms with van der Waals surface area (Å²) in [5.74, 6) is -0.503. The summed E-state index contributed by atoms with van der Waals surface area (Å²) < 4.78 is 6.69. The second kappa shape index (κ2) is 8.02. The Hall–Kier alpha value is -3.55. The lowest BCUT2D eigenvalue weighted by atomic mass is 10.2. The average molecular weight is 352 g/mol. The van der Waals surface area contributed by atoms with E-state index in [4.69, 9.17) is 4.74 Å². The van der Waals surface area contributed by atoms with E-state index in [-0.39, 0.29) is 18.0 Å². The van der Waals surface area contributed by atoms with Crippen LogP contribution in [0.25, 0.3) is 5.69 Å². The summed E-state index contributed by atoms with van der Waals surface area (Å²) in [4.78, 5) is 26.3. The number of aromatic nitrogens is 3. The van der Waals surface area contributed by atoms with Crippen molar-refractivity contribution in [3.63, 3.8) is 0 Å². The highest BCUT2D eigenvalue weighted by Gasteiger charge is 2.12. The first-order valence-corrected chi connectivity index (χ1v) is 8.00. The van der Waals surface area contributed by atoms with Crippen LogP contribution in [0.1, 0.15) is 22.5 Å². The second-order valence-corrected chi connectivity index (χ2v) is 5.52. The molecule has 0 spiro atoms. The third-order valence-electron chi connectivity index (χ3n) is 3.69. The number of hydrogen-bond acceptors (Lipinski definition) is 6. The molecule has 132 valence electrons. The van der Waals surface area contributed by atoms with Gasteiger partial charge in [-0.1, -0.05) is 6.07 Å². The smallest absolute Gasteiger partial charge is 0.358 e. The summed E-state index contributed by atoms with van der Waals surface area (Å²) in [7, 11) is 0. The molecule has 0 aliphatic carbocycles. The van der Waals surface area contributed by atoms with Gasteiger partial charge in [-0.05, 0) is 42.7 Å². The Kier molecular flexibility index (Phi) is 5.33. The zero-order chi connectivity index (χ0) is 18.4. The van der Waals surface area contributed by atoms with Gasteiger partial charge in [0.15, 0.2) is 5.69 Å². The Morgan fingerprint density at radius 2 is 2.00 bits per heavy atom. The van der Waals surface area contributed by atoms with Gasteiger partial charge >= 0.3 is 5.97 Å². The Balaban J connectivity index is 1.53. The fraction of sp³-hybridized carbons (Fsp3) is 0.167. The van der Waals surface area contributed by atoms with Gasteiger partial charge in [0, 0.05) is 30.7 Å². The number of rotatable bonds is 7. The molecule has 0 aliphatic heterocycles. The Morgan fingerprint density at radius 1 is 1.19 bits per heavy atom. The van der Waals surface area contributed by atoms with Crippen molar-refractivity contribution in [2.45, 2.75) is 12.8 Å². The van der Waals surface area contributed by atoms with Gasteiger partial charge in [0.05, 0.1) is 17.2 Å². The normalized spacial score (nSPS) is 10.5. The molecular weight excluding hydrogens is 336 g/mol. The molecule has 2 aromatic heterocycles. The Bertz CT molecular complexity index is 891. The van der Waals surface area contributed by atoms with Gasteiger partial charge in [0.2, 0.25) is 0 Å². The molecule has 0 radical (unpaired) electrons. The number of carbonyl (C=O) groups is 1. The van der Waals surface area contributed by atoms with Crippen LogP contribution >= 0.6 is 0 Å². The van der Waals surface area contributed by atoms with Crippen molar-refractivity contribution in [2.24, 2.45) is 0 Å². The monoisotopic (exact) mass is 352 g/mol. The van der Waals surface area contributed by atoms with E-state index in [2.05, 4.69) is 10.1 Å². The molecule has 3 aromatic rings. The summed E-state index contributed by atoms with van der Waals surface area (Å²) in [6.07, 6.45) is 6.57. The Morgan fingerprint density at radius 3 is 2.69 bits per heavy atom. The van der Waals surface area contributed by atoms with E-state index in [1.165, 1.54) is 16.8 Å². The van der Waals surface area contributed by atoms with Crippen molar-refractivity contribution < 1.29 is 14.5 Å². The van der Waals surface area contributed by atoms with Crippen LogP contribution in [0.2, 0.25) is 0 Å². The predicted octanol–water partition coefficient (Wildman–Crippen LogP) is 2.97. The van der Waals surface area contributed by atoms with Gasteiger partial charge in [0.1, 0.15) is 0 Å². The SMILES string of the molecule is O=C(OCCCc1cccnc1)c1ccn(-c2ccc([N+](=O)[O-])cc2)n1. The topological polar surface area (TPSA) is 100 Å². The van der Waals surface area contributed by atoms with Gasteiger partial charge in [-0.3, -0.25) is 15.1 Å². The first-order chi connectivity index (χ1) is 12.6. The van der Waals surface area contributed by atoms with Crippen molar-refractivity contribution in [1.29, 1.82) is 0 Å². The van der Waals surface area contributed by atoms with E-state index >= 15 is 0 Å². The molecule has 8 heteroatoms. The number of carbonyl (C=O) groups excluding carboxylic acids is 1. The highest BCUT2D eigenvalue weighted by molar-refractivity contribution is 5.87. The van der Waals surface area contributed by atoms with Crippen molar-refractivity contribution in [1.82, 2.24) is 14.8 Å². The number of nitrogens with zero attached hydrogens (tertiary/aromatic N) is 4. The molecule has 0 bridgehead atoms. The molecule has 0 amide bonds. The maximum Gasteiger partial charge on any atom is 0.358 e. The number of aryl methyl sites for hydroxylation is 1. The molecule has 0 unspecified atom stereocenters. The van der Waals surface area contributed by atoms with Crippen LogP contribution in [-0.4, -0.2) is 32.3 Å². The number of nitro groups is 1. The molecule has 0 atom stereocenters. The summed E-state index contributed by atoms with van der Waals surface area (Å²) >= 11 is 0. The molecule has 3 rings (SSSR count). The van der Waals surface area contributed by atoms with Crippen LogP contribution < -0.4 is 0 Å². The van der Waals surface area contributed by atoms with E-state index in [9.17, 15) is 14.9 Å². The first kappa shape index (κ1) is 17.3. The number of pyridine rings is 1. The quantitative estimate of drug-likeness (QED) is 0.280. The van der Waals surface area contributed by atoms with Gasteiger partial charge in [0.25, 0.3) is 5.69 Å². The fourth-order valence-corrected chi connectivity index (χ4v) is 2.36. The van der Waals surface area contributed by atoms with E-state index in [0.717, 1.165) is 12.0 Å². The van der Waals surface area contributed by atoms with Gasteiger partial charge < -0.3 is 4.74 Å². The van der Waals surface area contributed by atoms with E-state index < -0.39 is 10.9 Å². The lowest BCUT2D eigenvalue weighted by molar-refractivity contribution is -0.384. The largest absolute Gasteiger partial charge is 0.461 e. The van der Waals surface area contributed by atoms with Gasteiger partial charge in [-0.15, -0.1) is 0 Å². The highest BCUT2D eigenvalue weighted by atomic mass is 16.6. The molecule has 2 heterocycles. The zero-order valence-corrected chi connectivity index (χ0v) is 13.8. The number of ether oxygens (including phenoxy) is 1. The van der Waals surface area contributed by atoms with Crippen LogP contribution in [0.3, 0.4) is 0 Å². The van der Waals surface area contributed by atoms with Gasteiger partial charge in [-0.25, -0.2) is 9.48 Å². The number of hydrogen-bond donors (Lipinski definition) is 0. The zero-order valence-electron chi connectivity index (χ0n) is 13.8. The summed E-state index contributed by atoms with van der Waals surface area (Å²) in [5.41, 5.74) is 1.89. The average Bonchev–Trinajstić information content (AvgIpc) is 3.16. The molecular formula is C18H16N4O4. The second-order valence-electron chi connectivity index (χ2n) is 5.52. The lowest BCUT2D eigenvalue weighted by Gasteiger charge is -2.03. The summed E-state index contributed by atoms with van der Waals surface area (Å²) in [6, 6.07) is 11.3. The third-order valence-corrected chi connectivity index (χ3v) is 3.69. The standard InChI is InChI=1S/C18H16N4O4/c23-18(26-12-2-4-14-3-1-10-19-13-14)17-9-11-21(20-17)15-5-7-16(8-6-15)22(24)25/h1,3,5-11,13H,2,4,12H2. The molecule has 1 aromatic carbocycles. The first-order valence-electron chi connectivity index (χ1n) is 8.00. The number of benzene rings is 1. The van der Waals surface area contributed by atoms with Crippen LogP contribution in [-0.2, 0) is 11.2 Å². The van der Waals surface area contributed by atoms with Crippen LogP contribution in [0.5, 0.6) is 0 Å². The summed E-state index contributed by atoms with van der Waals surface area (Å²) in [6.45, 7) is 0.290. The minimum atomic E-state index is -0.503. The minimum absolute atomic E-state index is 0.00541. The van der Waals surface area contributed by atoms with Crippen LogP contribution in [0.15, 0.2) is 61.1 Å². The van der Waals surface area contributed by atoms with Crippen molar-refractivity contribution in [3.8, 4) is 5.69 Å². The molecule has 8 nitrogen and oxygen atoms in total. The maximum atomic E-state index is 12.0. The lowest BCUT2D eigenvalue weighted by Crippen LogP contribution is -2.09. The number of nitro benzene ring substituents is 1. The predicted molar refractivity (Wildman–Crippen MR) is 93.1 cm³/mol. The Labute approximate surface area is 149 Å². The fourth-order valence-electron chi connectivity index (χ4n) is 2.36. The number of non-ortho nitro benzene ring substituents is 1. The molecule has 0 saturated carbocycles. The van der Waals surface area contributed by atoms with Crippen LogP contribution in [0, 0.1) is 10.1 Å². The number of esters is 1. The van der Waals surface area contributed by atoms with E-state index in [1.807, 2.05) is 12.1 Å². The van der Waals surface area contributed by atoms with E-state index in [0.29, 0.717) is 12.1 Å². The molecule has 0 fully saturated rings. The van der Waals surface area contributed by atoms with Crippen molar-refractivity contribution in [3.05, 3.63) is 82.4 Å². The third kappa shape index (κ3) is 4.29. The molecule has 26 heavy (non-hydrogen) atoms. The van der Waals surface area contributed by atoms with Crippen LogP contribution in [0.4, 0.5) is 5.69 Å². The highest BCUT2D eigenvalue weighted by Crippen LogP contribution is 2.15. The molecule has 0 aliphatic rings. The van der Waals surface area contributed by atoms with Gasteiger partial charge in [-0.2, -0.15) is 5.10 Å². The molecule has 0 N–H and O–H groups in total.